The number of methoxy groups -OCH3 is 1. The zero-order chi connectivity index (χ0) is 19.2. The first kappa shape index (κ1) is 19.5. The van der Waals surface area contributed by atoms with Crippen molar-refractivity contribution < 1.29 is 17.9 Å². The van der Waals surface area contributed by atoms with Gasteiger partial charge in [-0.25, -0.2) is 13.8 Å². The van der Waals surface area contributed by atoms with Gasteiger partial charge in [-0.05, 0) is 48.9 Å². The topological polar surface area (TPSA) is 88.1 Å². The van der Waals surface area contributed by atoms with Crippen molar-refractivity contribution in [3.05, 3.63) is 60.2 Å². The van der Waals surface area contributed by atoms with Gasteiger partial charge in [0.25, 0.3) is 5.91 Å². The van der Waals surface area contributed by atoms with E-state index in [0.717, 1.165) is 16.1 Å². The third kappa shape index (κ3) is 5.06. The molecule has 0 bridgehead atoms. The number of hydrogen-bond donors (Lipinski definition) is 1. The average Bonchev–Trinajstić information content (AvgIpc) is 2.62. The normalized spacial score (nSPS) is 12.6. The molecule has 0 unspecified atom stereocenters. The van der Waals surface area contributed by atoms with Crippen molar-refractivity contribution in [2.45, 2.75) is 13.0 Å². The summed E-state index contributed by atoms with van der Waals surface area (Å²) in [5.74, 6) is 0.176. The van der Waals surface area contributed by atoms with Gasteiger partial charge in [0, 0.05) is 0 Å². The first-order valence-electron chi connectivity index (χ1n) is 7.84. The molecule has 7 nitrogen and oxygen atoms in total. The Bertz CT molecular complexity index is 865. The van der Waals surface area contributed by atoms with Crippen LogP contribution in [0.1, 0.15) is 12.5 Å². The van der Waals surface area contributed by atoms with Crippen LogP contribution < -0.4 is 14.5 Å². The minimum atomic E-state index is -3.64. The third-order valence-corrected chi connectivity index (χ3v) is 4.84. The quantitative estimate of drug-likeness (QED) is 0.592. The Kier molecular flexibility index (Phi) is 6.35. The second-order valence-corrected chi connectivity index (χ2v) is 7.44. The van der Waals surface area contributed by atoms with Crippen LogP contribution in [0.4, 0.5) is 5.69 Å². The molecule has 0 aliphatic rings. The van der Waals surface area contributed by atoms with E-state index >= 15 is 0 Å². The molecule has 2 rings (SSSR count). The van der Waals surface area contributed by atoms with Gasteiger partial charge in [-0.15, -0.1) is 0 Å². The van der Waals surface area contributed by atoms with Gasteiger partial charge in [-0.3, -0.25) is 9.10 Å². The lowest BCUT2D eigenvalue weighted by Gasteiger charge is -2.27. The zero-order valence-electron chi connectivity index (χ0n) is 14.8. The highest BCUT2D eigenvalue weighted by molar-refractivity contribution is 7.92. The van der Waals surface area contributed by atoms with E-state index in [1.54, 1.807) is 61.7 Å². The molecule has 0 saturated carbocycles. The maximum Gasteiger partial charge on any atom is 0.263 e. The second-order valence-electron chi connectivity index (χ2n) is 5.58. The number of hydrogen-bond acceptors (Lipinski definition) is 5. The van der Waals surface area contributed by atoms with E-state index in [-0.39, 0.29) is 0 Å². The molecule has 8 heteroatoms. The molecular formula is C18H21N3O4S. The Morgan fingerprint density at radius 3 is 2.31 bits per heavy atom. The number of carbonyl (C=O) groups excluding carboxylic acids is 1. The number of hydrazone groups is 1. The van der Waals surface area contributed by atoms with Gasteiger partial charge in [0.1, 0.15) is 11.8 Å². The van der Waals surface area contributed by atoms with Crippen LogP contribution in [0.3, 0.4) is 0 Å². The molecule has 26 heavy (non-hydrogen) atoms. The van der Waals surface area contributed by atoms with Crippen LogP contribution in [0.2, 0.25) is 0 Å². The fourth-order valence-corrected chi connectivity index (χ4v) is 3.51. The van der Waals surface area contributed by atoms with Crippen LogP contribution in [0.5, 0.6) is 5.75 Å². The lowest BCUT2D eigenvalue weighted by Crippen LogP contribution is -2.46. The van der Waals surface area contributed by atoms with E-state index in [2.05, 4.69) is 10.5 Å². The van der Waals surface area contributed by atoms with Gasteiger partial charge in [-0.2, -0.15) is 5.10 Å². The number of nitrogens with zero attached hydrogens (tertiary/aromatic N) is 2. The number of amides is 1. The van der Waals surface area contributed by atoms with E-state index < -0.39 is 22.0 Å². The molecule has 0 heterocycles. The van der Waals surface area contributed by atoms with Gasteiger partial charge in [-0.1, -0.05) is 18.2 Å². The number of sulfonamides is 1. The van der Waals surface area contributed by atoms with Crippen LogP contribution in [0.15, 0.2) is 59.7 Å². The van der Waals surface area contributed by atoms with Crippen molar-refractivity contribution in [2.24, 2.45) is 5.10 Å². The van der Waals surface area contributed by atoms with E-state index in [9.17, 15) is 13.2 Å². The molecule has 0 aromatic heterocycles. The van der Waals surface area contributed by atoms with Crippen LogP contribution >= 0.6 is 0 Å². The van der Waals surface area contributed by atoms with E-state index in [4.69, 9.17) is 4.74 Å². The minimum Gasteiger partial charge on any atom is -0.497 e. The van der Waals surface area contributed by atoms with Crippen LogP contribution in [0, 0.1) is 0 Å². The third-order valence-electron chi connectivity index (χ3n) is 3.60. The Hall–Kier alpha value is -2.87. The number of para-hydroxylation sites is 1. The highest BCUT2D eigenvalue weighted by atomic mass is 32.2. The molecule has 1 N–H and O–H groups in total. The molecule has 2 aromatic carbocycles. The van der Waals surface area contributed by atoms with Gasteiger partial charge in [0.2, 0.25) is 10.0 Å². The Morgan fingerprint density at radius 1 is 1.15 bits per heavy atom. The van der Waals surface area contributed by atoms with E-state index in [1.807, 2.05) is 0 Å². The standard InChI is InChI=1S/C18H21N3O4S/c1-14(21(26(3,23)24)16-7-5-4-6-8-16)18(22)20-19-13-15-9-11-17(25-2)12-10-15/h4-14H,1-3H3,(H,20,22)/b19-13-/t14-/m1/s1. The molecule has 1 amide bonds. The van der Waals surface area contributed by atoms with Crippen LogP contribution in [0.25, 0.3) is 0 Å². The van der Waals surface area contributed by atoms with Crippen molar-refractivity contribution in [2.75, 3.05) is 17.7 Å². The van der Waals surface area contributed by atoms with Crippen LogP contribution in [-0.4, -0.2) is 39.9 Å². The van der Waals surface area contributed by atoms with Crippen molar-refractivity contribution in [1.82, 2.24) is 5.43 Å². The summed E-state index contributed by atoms with van der Waals surface area (Å²) < 4.78 is 30.4. The Balaban J connectivity index is 2.10. The molecule has 0 spiro atoms. The predicted molar refractivity (Wildman–Crippen MR) is 102 cm³/mol. The molecular weight excluding hydrogens is 354 g/mol. The summed E-state index contributed by atoms with van der Waals surface area (Å²) in [5.41, 5.74) is 3.55. The van der Waals surface area contributed by atoms with Gasteiger partial charge >= 0.3 is 0 Å². The highest BCUT2D eigenvalue weighted by Gasteiger charge is 2.28. The van der Waals surface area contributed by atoms with E-state index in [1.165, 1.54) is 13.1 Å². The summed E-state index contributed by atoms with van der Waals surface area (Å²) in [5, 5.41) is 3.89. The SMILES string of the molecule is COc1ccc(/C=N\NC(=O)[C@@H](C)N(c2ccccc2)S(C)(=O)=O)cc1. The number of carbonyl (C=O) groups is 1. The second kappa shape index (κ2) is 8.48. The van der Waals surface area contributed by atoms with E-state index in [0.29, 0.717) is 11.4 Å². The number of ether oxygens (including phenoxy) is 1. The summed E-state index contributed by atoms with van der Waals surface area (Å²) in [6.07, 6.45) is 2.53. The Labute approximate surface area is 153 Å². The lowest BCUT2D eigenvalue weighted by molar-refractivity contribution is -0.121. The maximum absolute atomic E-state index is 12.3. The molecule has 0 saturated heterocycles. The average molecular weight is 375 g/mol. The van der Waals surface area contributed by atoms with Gasteiger partial charge in [0.05, 0.1) is 25.3 Å². The highest BCUT2D eigenvalue weighted by Crippen LogP contribution is 2.20. The fraction of sp³-hybridized carbons (Fsp3) is 0.222. The number of rotatable bonds is 7. The summed E-state index contributed by atoms with van der Waals surface area (Å²) in [7, 11) is -2.07. The molecule has 0 fully saturated rings. The van der Waals surface area contributed by atoms with Crippen molar-refractivity contribution in [1.29, 1.82) is 0 Å². The molecule has 0 radical (unpaired) electrons. The number of benzene rings is 2. The van der Waals surface area contributed by atoms with Crippen molar-refractivity contribution >= 4 is 27.8 Å². The molecule has 2 aromatic rings. The van der Waals surface area contributed by atoms with Gasteiger partial charge in [0.15, 0.2) is 0 Å². The minimum absolute atomic E-state index is 0.414. The first-order valence-corrected chi connectivity index (χ1v) is 9.69. The largest absolute Gasteiger partial charge is 0.497 e. The predicted octanol–water partition coefficient (Wildman–Crippen LogP) is 2.00. The van der Waals surface area contributed by atoms with Crippen LogP contribution in [-0.2, 0) is 14.8 Å². The van der Waals surface area contributed by atoms with Crippen molar-refractivity contribution in [3.63, 3.8) is 0 Å². The maximum atomic E-state index is 12.3. The molecule has 0 aliphatic carbocycles. The summed E-state index contributed by atoms with van der Waals surface area (Å²) in [6, 6.07) is 14.6. The summed E-state index contributed by atoms with van der Waals surface area (Å²) in [4.78, 5) is 12.3. The smallest absolute Gasteiger partial charge is 0.263 e. The van der Waals surface area contributed by atoms with Crippen molar-refractivity contribution in [3.8, 4) is 5.75 Å². The summed E-state index contributed by atoms with van der Waals surface area (Å²) >= 11 is 0. The zero-order valence-corrected chi connectivity index (χ0v) is 15.6. The lowest BCUT2D eigenvalue weighted by atomic mass is 10.2. The monoisotopic (exact) mass is 375 g/mol. The first-order chi connectivity index (χ1) is 12.3. The van der Waals surface area contributed by atoms with Gasteiger partial charge < -0.3 is 4.74 Å². The summed E-state index contributed by atoms with van der Waals surface area (Å²) in [6.45, 7) is 1.51. The Morgan fingerprint density at radius 2 is 1.77 bits per heavy atom. The fourth-order valence-electron chi connectivity index (χ4n) is 2.34. The number of anilines is 1. The molecule has 1 atom stereocenters. The number of nitrogens with one attached hydrogen (secondary N) is 1. The molecule has 138 valence electrons. The molecule has 0 aliphatic heterocycles.